The maximum Gasteiger partial charge on any atom is 0.337 e. The van der Waals surface area contributed by atoms with Crippen molar-refractivity contribution in [1.29, 1.82) is 0 Å². The molecule has 1 aromatic heterocycles. The summed E-state index contributed by atoms with van der Waals surface area (Å²) >= 11 is 1.50. The van der Waals surface area contributed by atoms with Gasteiger partial charge in [-0.25, -0.2) is 13.2 Å². The summed E-state index contributed by atoms with van der Waals surface area (Å²) in [5, 5.41) is 11.4. The number of carboxylic acids is 1. The SMILES string of the molecule is CCCCCCCCS(=O)(=O)Nc1ccc(-c2cccs2)cc1C(=O)O. The first-order valence-electron chi connectivity index (χ1n) is 8.84. The second-order valence-corrected chi connectivity index (χ2v) is 9.02. The van der Waals surface area contributed by atoms with Crippen molar-refractivity contribution >= 4 is 33.0 Å². The van der Waals surface area contributed by atoms with Gasteiger partial charge in [0.05, 0.1) is 17.0 Å². The summed E-state index contributed by atoms with van der Waals surface area (Å²) in [5.41, 5.74) is 0.836. The fourth-order valence-corrected chi connectivity index (χ4v) is 4.62. The Bertz CT molecular complexity index is 814. The van der Waals surface area contributed by atoms with Crippen LogP contribution in [0.25, 0.3) is 10.4 Å². The highest BCUT2D eigenvalue weighted by Gasteiger charge is 2.17. The van der Waals surface area contributed by atoms with E-state index >= 15 is 0 Å². The summed E-state index contributed by atoms with van der Waals surface area (Å²) < 4.78 is 27.0. The minimum absolute atomic E-state index is 0.00482. The third-order valence-corrected chi connectivity index (χ3v) is 6.36. The molecular formula is C19H25NO4S2. The lowest BCUT2D eigenvalue weighted by Gasteiger charge is -2.12. The van der Waals surface area contributed by atoms with Crippen LogP contribution in [-0.4, -0.2) is 25.2 Å². The molecule has 0 bridgehead atoms. The summed E-state index contributed by atoms with van der Waals surface area (Å²) in [7, 11) is -3.56. The highest BCUT2D eigenvalue weighted by atomic mass is 32.2. The molecule has 142 valence electrons. The highest BCUT2D eigenvalue weighted by Crippen LogP contribution is 2.29. The second kappa shape index (κ2) is 9.73. The predicted molar refractivity (Wildman–Crippen MR) is 107 cm³/mol. The van der Waals surface area contributed by atoms with Gasteiger partial charge in [0.1, 0.15) is 0 Å². The van der Waals surface area contributed by atoms with E-state index in [1.807, 2.05) is 17.5 Å². The molecule has 0 atom stereocenters. The van der Waals surface area contributed by atoms with Gasteiger partial charge in [-0.05, 0) is 35.6 Å². The smallest absolute Gasteiger partial charge is 0.337 e. The number of unbranched alkanes of at least 4 members (excludes halogenated alkanes) is 5. The van der Waals surface area contributed by atoms with Crippen LogP contribution in [0, 0.1) is 0 Å². The maximum absolute atomic E-state index is 12.3. The molecule has 1 aromatic carbocycles. The van der Waals surface area contributed by atoms with Gasteiger partial charge in [-0.3, -0.25) is 4.72 Å². The minimum atomic E-state index is -3.56. The molecule has 0 saturated carbocycles. The number of anilines is 1. The van der Waals surface area contributed by atoms with Crippen LogP contribution in [0.15, 0.2) is 35.7 Å². The Balaban J connectivity index is 2.04. The zero-order valence-electron chi connectivity index (χ0n) is 14.9. The fraction of sp³-hybridized carbons (Fsp3) is 0.421. The lowest BCUT2D eigenvalue weighted by Crippen LogP contribution is -2.18. The van der Waals surface area contributed by atoms with Gasteiger partial charge in [0.15, 0.2) is 0 Å². The lowest BCUT2D eigenvalue weighted by molar-refractivity contribution is 0.0698. The minimum Gasteiger partial charge on any atom is -0.478 e. The molecule has 7 heteroatoms. The number of hydrogen-bond acceptors (Lipinski definition) is 4. The lowest BCUT2D eigenvalue weighted by atomic mass is 10.1. The zero-order valence-corrected chi connectivity index (χ0v) is 16.5. The van der Waals surface area contributed by atoms with E-state index in [9.17, 15) is 18.3 Å². The van der Waals surface area contributed by atoms with Crippen molar-refractivity contribution in [1.82, 2.24) is 0 Å². The van der Waals surface area contributed by atoms with E-state index in [0.29, 0.717) is 6.42 Å². The van der Waals surface area contributed by atoms with Crippen LogP contribution in [0.2, 0.25) is 0 Å². The van der Waals surface area contributed by atoms with Crippen LogP contribution in [0.5, 0.6) is 0 Å². The largest absolute Gasteiger partial charge is 0.478 e. The van der Waals surface area contributed by atoms with Crippen LogP contribution in [0.4, 0.5) is 5.69 Å². The molecule has 0 spiro atoms. The number of rotatable bonds is 11. The van der Waals surface area contributed by atoms with Gasteiger partial charge in [0.2, 0.25) is 10.0 Å². The summed E-state index contributed by atoms with van der Waals surface area (Å²) in [5.74, 6) is -1.15. The number of sulfonamides is 1. The van der Waals surface area contributed by atoms with Crippen LogP contribution >= 0.6 is 11.3 Å². The Kier molecular flexibility index (Phi) is 7.66. The Hall–Kier alpha value is -1.86. The Morgan fingerprint density at radius 1 is 1.12 bits per heavy atom. The van der Waals surface area contributed by atoms with Crippen molar-refractivity contribution in [3.63, 3.8) is 0 Å². The number of carboxylic acid groups (broad SMARTS) is 1. The number of aromatic carboxylic acids is 1. The molecule has 0 saturated heterocycles. The van der Waals surface area contributed by atoms with Crippen molar-refractivity contribution in [2.24, 2.45) is 0 Å². The molecule has 2 aromatic rings. The quantitative estimate of drug-likeness (QED) is 0.511. The van der Waals surface area contributed by atoms with Gasteiger partial charge in [-0.1, -0.05) is 51.2 Å². The van der Waals surface area contributed by atoms with Crippen molar-refractivity contribution < 1.29 is 18.3 Å². The summed E-state index contributed by atoms with van der Waals surface area (Å²) in [6.45, 7) is 2.14. The van der Waals surface area contributed by atoms with Crippen LogP contribution in [0.3, 0.4) is 0 Å². The van der Waals surface area contributed by atoms with Crippen LogP contribution < -0.4 is 4.72 Å². The summed E-state index contributed by atoms with van der Waals surface area (Å²) in [6, 6.07) is 8.56. The number of carbonyl (C=O) groups is 1. The molecule has 26 heavy (non-hydrogen) atoms. The third kappa shape index (κ3) is 6.14. The number of nitrogens with one attached hydrogen (secondary N) is 1. The Morgan fingerprint density at radius 2 is 1.85 bits per heavy atom. The second-order valence-electron chi connectivity index (χ2n) is 6.23. The Morgan fingerprint density at radius 3 is 2.50 bits per heavy atom. The fourth-order valence-electron chi connectivity index (χ4n) is 2.70. The van der Waals surface area contributed by atoms with E-state index in [0.717, 1.165) is 36.1 Å². The average Bonchev–Trinajstić information content (AvgIpc) is 3.12. The third-order valence-electron chi connectivity index (χ3n) is 4.09. The normalized spacial score (nSPS) is 11.4. The molecule has 0 aliphatic rings. The molecule has 2 N–H and O–H groups in total. The van der Waals surface area contributed by atoms with Gasteiger partial charge in [0.25, 0.3) is 0 Å². The van der Waals surface area contributed by atoms with E-state index in [1.54, 1.807) is 6.07 Å². The van der Waals surface area contributed by atoms with E-state index in [-0.39, 0.29) is 17.0 Å². The zero-order chi connectivity index (χ0) is 19.0. The highest BCUT2D eigenvalue weighted by molar-refractivity contribution is 7.92. The van der Waals surface area contributed by atoms with Crippen molar-refractivity contribution in [2.75, 3.05) is 10.5 Å². The van der Waals surface area contributed by atoms with Crippen molar-refractivity contribution in [3.8, 4) is 10.4 Å². The van der Waals surface area contributed by atoms with Crippen molar-refractivity contribution in [3.05, 3.63) is 41.3 Å². The average molecular weight is 396 g/mol. The maximum atomic E-state index is 12.3. The van der Waals surface area contributed by atoms with Gasteiger partial charge >= 0.3 is 5.97 Å². The van der Waals surface area contributed by atoms with Gasteiger partial charge < -0.3 is 5.11 Å². The first-order chi connectivity index (χ1) is 12.4. The summed E-state index contributed by atoms with van der Waals surface area (Å²) in [6.07, 6.45) is 5.91. The van der Waals surface area contributed by atoms with E-state index in [4.69, 9.17) is 0 Å². The molecule has 1 heterocycles. The van der Waals surface area contributed by atoms with E-state index in [1.165, 1.54) is 29.9 Å². The molecule has 0 aliphatic heterocycles. The number of thiophene rings is 1. The topological polar surface area (TPSA) is 83.5 Å². The standard InChI is InChI=1S/C19H25NO4S2/c1-2-3-4-5-6-7-13-26(23,24)20-17-11-10-15(14-16(17)19(21)22)18-9-8-12-25-18/h8-12,14,20H,2-7,13H2,1H3,(H,21,22). The monoisotopic (exact) mass is 395 g/mol. The van der Waals surface area contributed by atoms with Gasteiger partial charge in [-0.15, -0.1) is 11.3 Å². The van der Waals surface area contributed by atoms with Crippen LogP contribution in [0.1, 0.15) is 55.8 Å². The first-order valence-corrected chi connectivity index (χ1v) is 11.4. The summed E-state index contributed by atoms with van der Waals surface area (Å²) in [4.78, 5) is 12.5. The van der Waals surface area contributed by atoms with Gasteiger partial charge in [-0.2, -0.15) is 0 Å². The van der Waals surface area contributed by atoms with E-state index in [2.05, 4.69) is 11.6 Å². The molecular weight excluding hydrogens is 370 g/mol. The van der Waals surface area contributed by atoms with Gasteiger partial charge in [0, 0.05) is 4.88 Å². The molecule has 0 fully saturated rings. The number of benzene rings is 1. The number of hydrogen-bond donors (Lipinski definition) is 2. The molecule has 0 aliphatic carbocycles. The Labute approximate surface area is 159 Å². The molecule has 0 unspecified atom stereocenters. The van der Waals surface area contributed by atoms with Crippen molar-refractivity contribution in [2.45, 2.75) is 45.4 Å². The molecule has 5 nitrogen and oxygen atoms in total. The predicted octanol–water partition coefficient (Wildman–Crippen LogP) is 5.22. The molecule has 2 rings (SSSR count). The van der Waals surface area contributed by atoms with E-state index < -0.39 is 16.0 Å². The molecule has 0 radical (unpaired) electrons. The molecule has 0 amide bonds. The van der Waals surface area contributed by atoms with Crippen LogP contribution in [-0.2, 0) is 10.0 Å². The first kappa shape index (κ1) is 20.5.